The van der Waals surface area contributed by atoms with Crippen LogP contribution in [0.3, 0.4) is 0 Å². The molecule has 1 atom stereocenters. The van der Waals surface area contributed by atoms with Gasteiger partial charge in [-0.3, -0.25) is 9.52 Å². The maximum Gasteiger partial charge on any atom is 0.249 e. The van der Waals surface area contributed by atoms with Crippen molar-refractivity contribution in [1.82, 2.24) is 9.62 Å². The van der Waals surface area contributed by atoms with Crippen molar-refractivity contribution in [1.29, 1.82) is 0 Å². The Balaban J connectivity index is 1.61. The molecule has 172 valence electrons. The summed E-state index contributed by atoms with van der Waals surface area (Å²) in [5, 5.41) is 4.23. The van der Waals surface area contributed by atoms with E-state index in [4.69, 9.17) is 0 Å². The second kappa shape index (κ2) is 9.51. The molecule has 0 aromatic heterocycles. The molecule has 2 N–H and O–H groups in total. The van der Waals surface area contributed by atoms with Crippen LogP contribution in [0.1, 0.15) is 24.1 Å². The first-order valence-corrected chi connectivity index (χ1v) is 12.0. The van der Waals surface area contributed by atoms with Gasteiger partial charge in [-0.1, -0.05) is 6.07 Å². The molecular weight excluding hydrogens is 470 g/mol. The summed E-state index contributed by atoms with van der Waals surface area (Å²) in [5.74, 6) is -4.58. The monoisotopic (exact) mass is 489 g/mol. The van der Waals surface area contributed by atoms with Crippen LogP contribution in [0.15, 0.2) is 41.3 Å². The van der Waals surface area contributed by atoms with E-state index in [9.17, 15) is 30.8 Å². The molecule has 0 saturated heterocycles. The maximum atomic E-state index is 14.2. The van der Waals surface area contributed by atoms with Gasteiger partial charge in [0.2, 0.25) is 15.9 Å². The van der Waals surface area contributed by atoms with Gasteiger partial charge in [0.1, 0.15) is 5.69 Å². The molecule has 0 bridgehead atoms. The SMILES string of the molecule is C[C@@H](NC(=O)C1=CSN(Cc2ccc(F)c(F)c2)C1)c1cc(F)c(NS(C)(=O)=O)c(F)c1. The first-order chi connectivity index (χ1) is 14.9. The molecule has 0 radical (unpaired) electrons. The minimum Gasteiger partial charge on any atom is -0.346 e. The van der Waals surface area contributed by atoms with E-state index in [1.807, 2.05) is 0 Å². The van der Waals surface area contributed by atoms with Crippen molar-refractivity contribution in [2.75, 3.05) is 17.5 Å². The standard InChI is InChI=1S/C20H19F4N3O3S2/c1-11(13-6-17(23)19(18(24)7-13)26-32(2,29)30)25-20(28)14-9-27(31-10-14)8-12-3-4-15(21)16(22)5-12/h3-7,10-11,26H,8-9H2,1-2H3,(H,25,28)/t11-/m1/s1. The van der Waals surface area contributed by atoms with E-state index in [2.05, 4.69) is 5.32 Å². The molecule has 1 aliphatic heterocycles. The van der Waals surface area contributed by atoms with Crippen LogP contribution < -0.4 is 10.0 Å². The molecule has 0 spiro atoms. The van der Waals surface area contributed by atoms with Gasteiger partial charge in [0.25, 0.3) is 0 Å². The average Bonchev–Trinajstić information content (AvgIpc) is 3.15. The lowest BCUT2D eigenvalue weighted by molar-refractivity contribution is -0.118. The third-order valence-electron chi connectivity index (χ3n) is 4.52. The molecule has 12 heteroatoms. The first kappa shape index (κ1) is 24.1. The number of nitrogens with one attached hydrogen (secondary N) is 2. The molecule has 1 heterocycles. The quantitative estimate of drug-likeness (QED) is 0.457. The van der Waals surface area contributed by atoms with Gasteiger partial charge in [-0.25, -0.2) is 30.3 Å². The van der Waals surface area contributed by atoms with Crippen LogP contribution in [0.2, 0.25) is 0 Å². The van der Waals surface area contributed by atoms with Gasteiger partial charge in [-0.2, -0.15) is 0 Å². The van der Waals surface area contributed by atoms with Gasteiger partial charge >= 0.3 is 0 Å². The lowest BCUT2D eigenvalue weighted by Crippen LogP contribution is -2.30. The predicted octanol–water partition coefficient (Wildman–Crippen LogP) is 3.84. The number of benzene rings is 2. The number of carbonyl (C=O) groups is 1. The van der Waals surface area contributed by atoms with Crippen LogP contribution in [0, 0.1) is 23.3 Å². The third kappa shape index (κ3) is 6.02. The molecule has 2 aromatic carbocycles. The Labute approximate surface area is 186 Å². The van der Waals surface area contributed by atoms with Gasteiger partial charge in [0.05, 0.1) is 12.3 Å². The molecule has 0 aliphatic carbocycles. The van der Waals surface area contributed by atoms with Gasteiger partial charge in [0, 0.05) is 18.7 Å². The zero-order chi connectivity index (χ0) is 23.6. The molecule has 1 amide bonds. The van der Waals surface area contributed by atoms with E-state index in [0.717, 1.165) is 30.5 Å². The Morgan fingerprint density at radius 2 is 1.75 bits per heavy atom. The van der Waals surface area contributed by atoms with Crippen LogP contribution in [-0.2, 0) is 21.4 Å². The molecule has 6 nitrogen and oxygen atoms in total. The summed E-state index contributed by atoms with van der Waals surface area (Å²) in [6, 6.07) is 4.67. The minimum atomic E-state index is -3.87. The van der Waals surface area contributed by atoms with Crippen LogP contribution in [0.4, 0.5) is 23.2 Å². The molecule has 1 aliphatic rings. The fourth-order valence-electron chi connectivity index (χ4n) is 2.96. The van der Waals surface area contributed by atoms with E-state index in [-0.39, 0.29) is 18.7 Å². The number of rotatable bonds is 7. The Morgan fingerprint density at radius 3 is 2.34 bits per heavy atom. The van der Waals surface area contributed by atoms with E-state index in [0.29, 0.717) is 11.1 Å². The van der Waals surface area contributed by atoms with Crippen molar-refractivity contribution in [3.63, 3.8) is 0 Å². The van der Waals surface area contributed by atoms with Crippen molar-refractivity contribution in [2.45, 2.75) is 19.5 Å². The van der Waals surface area contributed by atoms with Crippen LogP contribution in [-0.4, -0.2) is 31.4 Å². The van der Waals surface area contributed by atoms with Crippen molar-refractivity contribution in [3.8, 4) is 0 Å². The molecule has 2 aromatic rings. The number of hydrogen-bond acceptors (Lipinski definition) is 5. The summed E-state index contributed by atoms with van der Waals surface area (Å²) in [4.78, 5) is 12.5. The van der Waals surface area contributed by atoms with Crippen molar-refractivity contribution >= 4 is 33.6 Å². The Hall–Kier alpha value is -2.57. The van der Waals surface area contributed by atoms with E-state index < -0.39 is 50.9 Å². The van der Waals surface area contributed by atoms with Crippen molar-refractivity contribution < 1.29 is 30.8 Å². The molecular formula is C20H19F4N3O3S2. The Morgan fingerprint density at radius 1 is 1.09 bits per heavy atom. The summed E-state index contributed by atoms with van der Waals surface area (Å²) >= 11 is 1.23. The molecule has 0 fully saturated rings. The number of halogens is 4. The number of amides is 1. The van der Waals surface area contributed by atoms with Crippen molar-refractivity contribution in [3.05, 3.63) is 75.7 Å². The molecule has 0 unspecified atom stereocenters. The van der Waals surface area contributed by atoms with Crippen LogP contribution in [0.25, 0.3) is 0 Å². The third-order valence-corrected chi connectivity index (χ3v) is 6.05. The molecule has 3 rings (SSSR count). The van der Waals surface area contributed by atoms with Gasteiger partial charge in [-0.05, 0) is 59.7 Å². The fraction of sp³-hybridized carbons (Fsp3) is 0.250. The topological polar surface area (TPSA) is 78.5 Å². The number of hydrogen-bond donors (Lipinski definition) is 2. The van der Waals surface area contributed by atoms with Crippen LogP contribution in [0.5, 0.6) is 0 Å². The summed E-state index contributed by atoms with van der Waals surface area (Å²) in [6.45, 7) is 2.02. The van der Waals surface area contributed by atoms with Gasteiger partial charge in [0.15, 0.2) is 23.3 Å². The number of nitrogens with zero attached hydrogens (tertiary/aromatic N) is 1. The number of anilines is 1. The average molecular weight is 490 g/mol. The highest BCUT2D eigenvalue weighted by atomic mass is 32.2. The van der Waals surface area contributed by atoms with E-state index in [1.165, 1.54) is 24.9 Å². The molecule has 0 saturated carbocycles. The maximum absolute atomic E-state index is 14.2. The van der Waals surface area contributed by atoms with E-state index >= 15 is 0 Å². The highest BCUT2D eigenvalue weighted by molar-refractivity contribution is 8.00. The predicted molar refractivity (Wildman–Crippen MR) is 114 cm³/mol. The summed E-state index contributed by atoms with van der Waals surface area (Å²) in [7, 11) is -3.87. The number of sulfonamides is 1. The highest BCUT2D eigenvalue weighted by Gasteiger charge is 2.24. The number of carbonyl (C=O) groups excluding carboxylic acids is 1. The normalized spacial score (nSPS) is 15.4. The van der Waals surface area contributed by atoms with Crippen molar-refractivity contribution in [2.24, 2.45) is 0 Å². The van der Waals surface area contributed by atoms with Gasteiger partial charge < -0.3 is 5.32 Å². The highest BCUT2D eigenvalue weighted by Crippen LogP contribution is 2.28. The second-order valence-electron chi connectivity index (χ2n) is 7.22. The van der Waals surface area contributed by atoms with Gasteiger partial charge in [-0.15, -0.1) is 0 Å². The molecule has 32 heavy (non-hydrogen) atoms. The zero-order valence-electron chi connectivity index (χ0n) is 17.0. The Kier molecular flexibility index (Phi) is 7.16. The largest absolute Gasteiger partial charge is 0.346 e. The summed E-state index contributed by atoms with van der Waals surface area (Å²) in [6.07, 6.45) is 0.770. The second-order valence-corrected chi connectivity index (χ2v) is 9.94. The lowest BCUT2D eigenvalue weighted by atomic mass is 10.1. The lowest BCUT2D eigenvalue weighted by Gasteiger charge is -2.18. The summed E-state index contributed by atoms with van der Waals surface area (Å²) in [5.41, 5.74) is 0.240. The minimum absolute atomic E-state index is 0.109. The summed E-state index contributed by atoms with van der Waals surface area (Å²) < 4.78 is 80.8. The Bertz CT molecular complexity index is 1170. The van der Waals surface area contributed by atoms with E-state index in [1.54, 1.807) is 14.4 Å². The zero-order valence-corrected chi connectivity index (χ0v) is 18.6. The first-order valence-electron chi connectivity index (χ1n) is 9.25. The van der Waals surface area contributed by atoms with Crippen LogP contribution >= 0.6 is 11.9 Å². The smallest absolute Gasteiger partial charge is 0.249 e. The fourth-order valence-corrected chi connectivity index (χ4v) is 4.42.